The summed E-state index contributed by atoms with van der Waals surface area (Å²) in [5, 5.41) is 0. The average molecular weight is 1080 g/mol. The second-order valence-corrected chi connectivity index (χ2v) is 20.8. The molecule has 2 aliphatic heterocycles. The molecule has 2 heterocycles. The van der Waals surface area contributed by atoms with Crippen LogP contribution >= 0.6 is 0 Å². The van der Waals surface area contributed by atoms with Gasteiger partial charge in [-0.1, -0.05) is 0 Å². The van der Waals surface area contributed by atoms with E-state index in [1.54, 1.807) is 0 Å². The Balaban J connectivity index is 1.03. The van der Waals surface area contributed by atoms with Gasteiger partial charge in [-0.05, 0) is 0 Å². The fourth-order valence-corrected chi connectivity index (χ4v) is 12.4. The summed E-state index contributed by atoms with van der Waals surface area (Å²) in [6, 6.07) is 112. The predicted molar refractivity (Wildman–Crippen MR) is 335 cm³/mol. The van der Waals surface area contributed by atoms with Crippen LogP contribution in [0.4, 0.5) is 85.3 Å². The average Bonchev–Trinajstić information content (AvgIpc) is 3.63. The van der Waals surface area contributed by atoms with E-state index in [0.29, 0.717) is 0 Å². The molecule has 0 aliphatic carbocycles. The Hall–Kier alpha value is -9.78. The second kappa shape index (κ2) is 20.6. The quantitative estimate of drug-likeness (QED) is 0.113. The number of benzene rings is 12. The molecule has 7 heteroatoms. The normalized spacial score (nSPS) is 12.0. The molecule has 0 aromatic heterocycles. The third-order valence-corrected chi connectivity index (χ3v) is 15.9. The van der Waals surface area contributed by atoms with Crippen molar-refractivity contribution in [2.24, 2.45) is 0 Å². The van der Waals surface area contributed by atoms with Crippen molar-refractivity contribution in [3.8, 4) is 11.1 Å². The first-order valence-electron chi connectivity index (χ1n) is 26.8. The van der Waals surface area contributed by atoms with Crippen LogP contribution in [0.2, 0.25) is 0 Å². The van der Waals surface area contributed by atoms with E-state index in [0.717, 1.165) is 101 Å². The van der Waals surface area contributed by atoms with Crippen LogP contribution in [0.5, 0.6) is 0 Å². The van der Waals surface area contributed by atoms with E-state index in [1.165, 1.54) is 16.4 Å². The topological polar surface area (TPSA) is 16.2 Å². The van der Waals surface area contributed by atoms with Crippen molar-refractivity contribution in [3.05, 3.63) is 309 Å². The van der Waals surface area contributed by atoms with Crippen LogP contribution in [0.15, 0.2) is 309 Å². The molecule has 14 rings (SSSR count). The molecule has 2 aliphatic rings. The molecule has 5 nitrogen and oxygen atoms in total. The van der Waals surface area contributed by atoms with E-state index in [-0.39, 0.29) is 6.71 Å². The van der Waals surface area contributed by atoms with E-state index in [9.17, 15) is 0 Å². The fourth-order valence-electron chi connectivity index (χ4n) is 11.9. The van der Waals surface area contributed by atoms with Gasteiger partial charge in [-0.3, -0.25) is 0 Å². The van der Waals surface area contributed by atoms with E-state index in [2.05, 4.69) is 350 Å². The minimum atomic E-state index is -0.148. The summed E-state index contributed by atoms with van der Waals surface area (Å²) in [7, 11) is 0. The summed E-state index contributed by atoms with van der Waals surface area (Å²) >= 11 is 3.65. The van der Waals surface area contributed by atoms with Gasteiger partial charge >= 0.3 is 474 Å². The van der Waals surface area contributed by atoms with Crippen LogP contribution < -0.4 is 45.3 Å². The molecule has 0 saturated heterocycles. The Morgan fingerprint density at radius 1 is 0.278 bits per heavy atom. The summed E-state index contributed by atoms with van der Waals surface area (Å²) in [6.45, 7) is -0.148. The third-order valence-electron chi connectivity index (χ3n) is 15.2. The van der Waals surface area contributed by atoms with Crippen molar-refractivity contribution in [3.63, 3.8) is 0 Å². The van der Waals surface area contributed by atoms with Crippen LogP contribution in [0.3, 0.4) is 0 Å². The molecular formula is C72H51BN5Se. The first-order chi connectivity index (χ1) is 39.2. The summed E-state index contributed by atoms with van der Waals surface area (Å²) in [5.41, 5.74) is 22.3. The first kappa shape index (κ1) is 47.7. The van der Waals surface area contributed by atoms with Gasteiger partial charge in [0.15, 0.2) is 0 Å². The second-order valence-electron chi connectivity index (χ2n) is 19.9. The Kier molecular flexibility index (Phi) is 12.5. The van der Waals surface area contributed by atoms with Gasteiger partial charge < -0.3 is 0 Å². The predicted octanol–water partition coefficient (Wildman–Crippen LogP) is 16.6. The number of para-hydroxylation sites is 8. The van der Waals surface area contributed by atoms with Gasteiger partial charge in [0.05, 0.1) is 0 Å². The van der Waals surface area contributed by atoms with E-state index >= 15 is 0 Å². The van der Waals surface area contributed by atoms with E-state index in [1.807, 2.05) is 0 Å². The van der Waals surface area contributed by atoms with Crippen molar-refractivity contribution in [2.45, 2.75) is 0 Å². The van der Waals surface area contributed by atoms with Crippen molar-refractivity contribution in [1.29, 1.82) is 0 Å². The SMILES string of the molecule is [Se]c1cc2c(cc1N(c1ccc(N(c3ccccc3)c3ccccc3)cc1)c1ccccc1-c1ccccc1)B1c3ccccc3N(c3ccccc3)c3cc(N(c4ccccc4)c4ccccc4)cc(c31)N2c1ccccc1. The zero-order chi connectivity index (χ0) is 52.7. The van der Waals surface area contributed by atoms with Gasteiger partial charge in [-0.15, -0.1) is 0 Å². The molecule has 373 valence electrons. The first-order valence-corrected chi connectivity index (χ1v) is 27.7. The van der Waals surface area contributed by atoms with Gasteiger partial charge in [0.25, 0.3) is 0 Å². The Bertz CT molecular complexity index is 4020. The zero-order valence-electron chi connectivity index (χ0n) is 43.2. The number of nitrogens with zero attached hydrogens (tertiary/aromatic N) is 5. The number of rotatable bonds is 12. The Morgan fingerprint density at radius 2 is 0.671 bits per heavy atom. The molecule has 0 fully saturated rings. The maximum absolute atomic E-state index is 3.65. The monoisotopic (exact) mass is 1080 g/mol. The molecule has 1 radical (unpaired) electrons. The number of fused-ring (bicyclic) bond motifs is 4. The third kappa shape index (κ3) is 8.63. The molecule has 0 saturated carbocycles. The van der Waals surface area contributed by atoms with Gasteiger partial charge in [0, 0.05) is 0 Å². The minimum absolute atomic E-state index is 0.148. The fraction of sp³-hybridized carbons (Fsp3) is 0. The Morgan fingerprint density at radius 3 is 1.19 bits per heavy atom. The van der Waals surface area contributed by atoms with Crippen LogP contribution in [-0.2, 0) is 0 Å². The van der Waals surface area contributed by atoms with Gasteiger partial charge in [0.2, 0.25) is 0 Å². The van der Waals surface area contributed by atoms with Crippen LogP contribution in [0.1, 0.15) is 0 Å². The molecule has 79 heavy (non-hydrogen) atoms. The molecule has 0 N–H and O–H groups in total. The summed E-state index contributed by atoms with van der Waals surface area (Å²) in [4.78, 5) is 12.2. The van der Waals surface area contributed by atoms with Crippen LogP contribution in [-0.4, -0.2) is 22.7 Å². The standard InChI is InChI=1S/C72H51BN5Se/c79-71-51-67-64(50-68(71)76(65-42-24-22-40-62(65)52-26-8-1-9-27-52)60-46-44-59(45-47-60)74(53-28-10-2-11-29-53)54-30-12-3-13-31-54)73-63-41-23-25-43-66(63)77(57-36-18-6-19-37-57)69-48-61(49-70(72(69)73)78(67)58-38-20-7-21-39-58)75(55-32-14-4-15-33-55)56-34-16-5-17-35-56/h1-51H. The molecule has 0 bridgehead atoms. The van der Waals surface area contributed by atoms with Gasteiger partial charge in [-0.25, -0.2) is 0 Å². The Labute approximate surface area is 471 Å². The van der Waals surface area contributed by atoms with Crippen molar-refractivity contribution < 1.29 is 0 Å². The van der Waals surface area contributed by atoms with Crippen molar-refractivity contribution >= 4 is 129 Å². The van der Waals surface area contributed by atoms with Crippen LogP contribution in [0.25, 0.3) is 11.1 Å². The molecule has 0 spiro atoms. The number of hydrogen-bond donors (Lipinski definition) is 0. The molecule has 0 atom stereocenters. The van der Waals surface area contributed by atoms with E-state index in [4.69, 9.17) is 0 Å². The number of hydrogen-bond acceptors (Lipinski definition) is 5. The number of anilines is 15. The summed E-state index contributed by atoms with van der Waals surface area (Å²) in [5.74, 6) is 0. The maximum atomic E-state index is 3.65. The van der Waals surface area contributed by atoms with Gasteiger partial charge in [0.1, 0.15) is 0 Å². The molecule has 12 aromatic carbocycles. The molecular weight excluding hydrogens is 1020 g/mol. The van der Waals surface area contributed by atoms with Crippen molar-refractivity contribution in [1.82, 2.24) is 0 Å². The molecule has 0 amide bonds. The zero-order valence-corrected chi connectivity index (χ0v) is 44.9. The molecule has 0 unspecified atom stereocenters. The van der Waals surface area contributed by atoms with E-state index < -0.39 is 0 Å². The molecule has 12 aromatic rings. The summed E-state index contributed by atoms with van der Waals surface area (Å²) < 4.78 is 1.02. The van der Waals surface area contributed by atoms with Crippen molar-refractivity contribution in [2.75, 3.05) is 24.5 Å². The summed E-state index contributed by atoms with van der Waals surface area (Å²) in [6.07, 6.45) is 0. The van der Waals surface area contributed by atoms with Gasteiger partial charge in [-0.2, -0.15) is 0 Å². The van der Waals surface area contributed by atoms with Crippen LogP contribution in [0, 0.1) is 0 Å².